The van der Waals surface area contributed by atoms with E-state index in [0.717, 1.165) is 6.42 Å². The van der Waals surface area contributed by atoms with Gasteiger partial charge in [-0.3, -0.25) is 0 Å². The van der Waals surface area contributed by atoms with E-state index in [1.807, 2.05) is 20.8 Å². The minimum Gasteiger partial charge on any atom is -0.212 e. The van der Waals surface area contributed by atoms with Crippen molar-refractivity contribution in [2.24, 2.45) is 17.3 Å². The molecule has 0 spiro atoms. The molecule has 0 aromatic rings. The van der Waals surface area contributed by atoms with Crippen LogP contribution in [0.15, 0.2) is 0 Å². The SMILES string of the molecule is CC(C)(C)[C@H]1C[C@H]1CN(C(C)(C)C)S(C)(=O)=O. The zero-order chi connectivity index (χ0) is 13.6. The van der Waals surface area contributed by atoms with E-state index < -0.39 is 10.0 Å². The van der Waals surface area contributed by atoms with Crippen molar-refractivity contribution < 1.29 is 8.42 Å². The van der Waals surface area contributed by atoms with Crippen molar-refractivity contribution in [1.29, 1.82) is 0 Å². The molecular formula is C13H27NO2S. The highest BCUT2D eigenvalue weighted by molar-refractivity contribution is 7.88. The first-order valence-electron chi connectivity index (χ1n) is 6.31. The zero-order valence-electron chi connectivity index (χ0n) is 12.2. The summed E-state index contributed by atoms with van der Waals surface area (Å²) in [5.41, 5.74) is -0.0235. The Morgan fingerprint density at radius 1 is 1.12 bits per heavy atom. The van der Waals surface area contributed by atoms with Crippen LogP contribution in [0.3, 0.4) is 0 Å². The van der Waals surface area contributed by atoms with Crippen LogP contribution in [0.1, 0.15) is 48.0 Å². The second kappa shape index (κ2) is 4.23. The fraction of sp³-hybridized carbons (Fsp3) is 1.00. The molecule has 1 rings (SSSR count). The van der Waals surface area contributed by atoms with Crippen molar-refractivity contribution in [2.75, 3.05) is 12.8 Å². The van der Waals surface area contributed by atoms with Crippen LogP contribution in [0.4, 0.5) is 0 Å². The molecule has 3 nitrogen and oxygen atoms in total. The Hall–Kier alpha value is -0.0900. The normalized spacial score (nSPS) is 26.4. The van der Waals surface area contributed by atoms with E-state index in [4.69, 9.17) is 0 Å². The van der Waals surface area contributed by atoms with Gasteiger partial charge in [0.15, 0.2) is 0 Å². The van der Waals surface area contributed by atoms with Gasteiger partial charge >= 0.3 is 0 Å². The van der Waals surface area contributed by atoms with Crippen molar-refractivity contribution in [1.82, 2.24) is 4.31 Å². The van der Waals surface area contributed by atoms with E-state index in [0.29, 0.717) is 23.8 Å². The van der Waals surface area contributed by atoms with E-state index in [1.54, 1.807) is 4.31 Å². The third-order valence-electron chi connectivity index (χ3n) is 3.58. The van der Waals surface area contributed by atoms with E-state index in [2.05, 4.69) is 20.8 Å². The van der Waals surface area contributed by atoms with E-state index in [9.17, 15) is 8.42 Å². The molecule has 0 radical (unpaired) electrons. The molecule has 1 aliphatic rings. The minimum absolute atomic E-state index is 0.297. The Balaban J connectivity index is 2.73. The summed E-state index contributed by atoms with van der Waals surface area (Å²) in [4.78, 5) is 0. The van der Waals surface area contributed by atoms with Crippen molar-refractivity contribution in [3.8, 4) is 0 Å². The Morgan fingerprint density at radius 2 is 1.59 bits per heavy atom. The predicted molar refractivity (Wildman–Crippen MR) is 72.4 cm³/mol. The van der Waals surface area contributed by atoms with Gasteiger partial charge in [-0.1, -0.05) is 20.8 Å². The lowest BCUT2D eigenvalue weighted by atomic mass is 9.89. The van der Waals surface area contributed by atoms with E-state index in [1.165, 1.54) is 6.26 Å². The quantitative estimate of drug-likeness (QED) is 0.783. The summed E-state index contributed by atoms with van der Waals surface area (Å²) in [7, 11) is -3.11. The van der Waals surface area contributed by atoms with Gasteiger partial charge in [-0.2, -0.15) is 4.31 Å². The van der Waals surface area contributed by atoms with Crippen LogP contribution >= 0.6 is 0 Å². The molecule has 1 aliphatic carbocycles. The van der Waals surface area contributed by atoms with E-state index in [-0.39, 0.29) is 5.54 Å². The second-order valence-corrected chi connectivity index (χ2v) is 9.34. The molecule has 0 unspecified atom stereocenters. The lowest BCUT2D eigenvalue weighted by Gasteiger charge is -2.34. The average Bonchev–Trinajstić information content (AvgIpc) is 2.72. The number of sulfonamides is 1. The van der Waals surface area contributed by atoms with Gasteiger partial charge in [-0.05, 0) is 44.4 Å². The largest absolute Gasteiger partial charge is 0.212 e. The number of nitrogens with zero attached hydrogens (tertiary/aromatic N) is 1. The highest BCUT2D eigenvalue weighted by Gasteiger charge is 2.47. The molecule has 0 bridgehead atoms. The van der Waals surface area contributed by atoms with Crippen LogP contribution in [0, 0.1) is 17.3 Å². The highest BCUT2D eigenvalue weighted by Crippen LogP contribution is 2.51. The van der Waals surface area contributed by atoms with Crippen LogP contribution in [-0.2, 0) is 10.0 Å². The molecule has 0 heterocycles. The molecule has 0 aliphatic heterocycles. The third-order valence-corrected chi connectivity index (χ3v) is 5.08. The first-order valence-corrected chi connectivity index (χ1v) is 8.16. The molecule has 1 saturated carbocycles. The summed E-state index contributed by atoms with van der Waals surface area (Å²) >= 11 is 0. The van der Waals surface area contributed by atoms with E-state index >= 15 is 0 Å². The maximum Gasteiger partial charge on any atom is 0.211 e. The maximum absolute atomic E-state index is 11.8. The molecule has 0 N–H and O–H groups in total. The Morgan fingerprint density at radius 3 is 1.82 bits per heavy atom. The molecule has 102 valence electrons. The zero-order valence-corrected chi connectivity index (χ0v) is 13.1. The summed E-state index contributed by atoms with van der Waals surface area (Å²) in [5.74, 6) is 1.19. The van der Waals surface area contributed by atoms with Crippen molar-refractivity contribution in [3.63, 3.8) is 0 Å². The summed E-state index contributed by atoms with van der Waals surface area (Å²) < 4.78 is 25.3. The van der Waals surface area contributed by atoms with Crippen molar-refractivity contribution in [2.45, 2.75) is 53.5 Å². The number of hydrogen-bond donors (Lipinski definition) is 0. The summed E-state index contributed by atoms with van der Waals surface area (Å²) in [5, 5.41) is 0. The lowest BCUT2D eigenvalue weighted by molar-refractivity contribution is 0.226. The molecule has 2 atom stereocenters. The first-order chi connectivity index (χ1) is 7.33. The average molecular weight is 261 g/mol. The number of hydrogen-bond acceptors (Lipinski definition) is 2. The van der Waals surface area contributed by atoms with Gasteiger partial charge in [-0.15, -0.1) is 0 Å². The molecule has 1 fully saturated rings. The minimum atomic E-state index is -3.11. The second-order valence-electron chi connectivity index (χ2n) is 7.43. The van der Waals surface area contributed by atoms with Gasteiger partial charge in [-0.25, -0.2) is 8.42 Å². The Kier molecular flexibility index (Phi) is 3.73. The van der Waals surface area contributed by atoms with Crippen LogP contribution in [0.25, 0.3) is 0 Å². The van der Waals surface area contributed by atoms with Gasteiger partial charge in [0.2, 0.25) is 10.0 Å². The fourth-order valence-electron chi connectivity index (χ4n) is 2.63. The summed E-state index contributed by atoms with van der Waals surface area (Å²) in [6, 6.07) is 0. The molecule has 17 heavy (non-hydrogen) atoms. The Bertz CT molecular complexity index is 373. The van der Waals surface area contributed by atoms with Crippen LogP contribution in [0.2, 0.25) is 0 Å². The lowest BCUT2D eigenvalue weighted by Crippen LogP contribution is -2.46. The Labute approximate surface area is 107 Å². The maximum atomic E-state index is 11.8. The molecule has 0 saturated heterocycles. The van der Waals surface area contributed by atoms with Crippen molar-refractivity contribution >= 4 is 10.0 Å². The number of rotatable bonds is 3. The summed E-state index contributed by atoms with van der Waals surface area (Å²) in [6.45, 7) is 13.3. The van der Waals surface area contributed by atoms with Crippen LogP contribution < -0.4 is 0 Å². The monoisotopic (exact) mass is 261 g/mol. The van der Waals surface area contributed by atoms with Gasteiger partial charge in [0.05, 0.1) is 6.26 Å². The smallest absolute Gasteiger partial charge is 0.211 e. The third kappa shape index (κ3) is 3.95. The van der Waals surface area contributed by atoms with Crippen LogP contribution in [-0.4, -0.2) is 31.1 Å². The van der Waals surface area contributed by atoms with Crippen LogP contribution in [0.5, 0.6) is 0 Å². The highest BCUT2D eigenvalue weighted by atomic mass is 32.2. The predicted octanol–water partition coefficient (Wildman–Crippen LogP) is 2.73. The van der Waals surface area contributed by atoms with Gasteiger partial charge in [0.1, 0.15) is 0 Å². The molecule has 4 heteroatoms. The topological polar surface area (TPSA) is 37.4 Å². The molecule has 0 amide bonds. The van der Waals surface area contributed by atoms with Crippen molar-refractivity contribution in [3.05, 3.63) is 0 Å². The first kappa shape index (κ1) is 15.0. The van der Waals surface area contributed by atoms with Gasteiger partial charge in [0.25, 0.3) is 0 Å². The standard InChI is InChI=1S/C13H27NO2S/c1-12(2,3)11-8-10(11)9-14(13(4,5)6)17(7,15)16/h10-11H,8-9H2,1-7H3/t10-,11-/m0/s1. The fourth-order valence-corrected chi connectivity index (χ4v) is 4.09. The molecular weight excluding hydrogens is 234 g/mol. The van der Waals surface area contributed by atoms with Gasteiger partial charge < -0.3 is 0 Å². The molecule has 0 aromatic heterocycles. The van der Waals surface area contributed by atoms with Gasteiger partial charge in [0, 0.05) is 12.1 Å². The molecule has 0 aromatic carbocycles. The summed E-state index contributed by atoms with van der Waals surface area (Å²) in [6.07, 6.45) is 2.47.